The standard InChI is InChI=1S/C20H19ClN2O4/c21-16-9-8-14(23-10-4-7-18(23)24)12-15(16)19(25)22-17(20(26)27)11-13-5-2-1-3-6-13/h1-3,5-6,8-9,12,17H,4,7,10-11H2,(H,22,25)(H,26,27)/t17-/m1/s1. The molecule has 1 fully saturated rings. The Morgan fingerprint density at radius 2 is 1.93 bits per heavy atom. The molecule has 1 heterocycles. The Kier molecular flexibility index (Phi) is 5.76. The second kappa shape index (κ2) is 8.22. The fourth-order valence-corrected chi connectivity index (χ4v) is 3.27. The van der Waals surface area contributed by atoms with Crippen molar-refractivity contribution in [3.8, 4) is 0 Å². The maximum absolute atomic E-state index is 12.7. The number of carboxylic acid groups (broad SMARTS) is 1. The molecule has 2 aromatic rings. The third kappa shape index (κ3) is 4.46. The number of benzene rings is 2. The van der Waals surface area contributed by atoms with Crippen LogP contribution >= 0.6 is 11.6 Å². The van der Waals surface area contributed by atoms with Crippen LogP contribution in [-0.4, -0.2) is 35.5 Å². The van der Waals surface area contributed by atoms with Crippen molar-refractivity contribution in [3.05, 3.63) is 64.7 Å². The highest BCUT2D eigenvalue weighted by atomic mass is 35.5. The van der Waals surface area contributed by atoms with E-state index in [1.165, 1.54) is 6.07 Å². The predicted molar refractivity (Wildman–Crippen MR) is 102 cm³/mol. The lowest BCUT2D eigenvalue weighted by atomic mass is 10.1. The van der Waals surface area contributed by atoms with E-state index in [4.69, 9.17) is 11.6 Å². The van der Waals surface area contributed by atoms with Crippen molar-refractivity contribution in [3.63, 3.8) is 0 Å². The number of hydrogen-bond acceptors (Lipinski definition) is 3. The largest absolute Gasteiger partial charge is 0.480 e. The number of carbonyl (C=O) groups is 3. The van der Waals surface area contributed by atoms with Crippen LogP contribution in [0, 0.1) is 0 Å². The molecule has 1 saturated heterocycles. The molecule has 0 spiro atoms. The van der Waals surface area contributed by atoms with Crippen molar-refractivity contribution < 1.29 is 19.5 Å². The summed E-state index contributed by atoms with van der Waals surface area (Å²) in [4.78, 5) is 37.8. The molecule has 3 rings (SSSR count). The van der Waals surface area contributed by atoms with Crippen molar-refractivity contribution >= 4 is 35.1 Å². The lowest BCUT2D eigenvalue weighted by Gasteiger charge is -2.19. The van der Waals surface area contributed by atoms with E-state index >= 15 is 0 Å². The van der Waals surface area contributed by atoms with Gasteiger partial charge < -0.3 is 15.3 Å². The molecule has 140 valence electrons. The van der Waals surface area contributed by atoms with Gasteiger partial charge in [-0.15, -0.1) is 0 Å². The molecule has 0 bridgehead atoms. The molecule has 1 aliphatic rings. The van der Waals surface area contributed by atoms with Crippen molar-refractivity contribution in [1.29, 1.82) is 0 Å². The van der Waals surface area contributed by atoms with Gasteiger partial charge in [-0.25, -0.2) is 4.79 Å². The molecule has 2 amide bonds. The van der Waals surface area contributed by atoms with Crippen LogP contribution < -0.4 is 10.2 Å². The lowest BCUT2D eigenvalue weighted by Crippen LogP contribution is -2.42. The summed E-state index contributed by atoms with van der Waals surface area (Å²) < 4.78 is 0. The van der Waals surface area contributed by atoms with Crippen LogP contribution in [0.3, 0.4) is 0 Å². The Labute approximate surface area is 161 Å². The Balaban J connectivity index is 1.79. The molecule has 0 saturated carbocycles. The number of rotatable bonds is 6. The molecular weight excluding hydrogens is 368 g/mol. The summed E-state index contributed by atoms with van der Waals surface area (Å²) in [6.45, 7) is 0.591. The maximum atomic E-state index is 12.7. The van der Waals surface area contributed by atoms with Crippen molar-refractivity contribution in [2.24, 2.45) is 0 Å². The van der Waals surface area contributed by atoms with Gasteiger partial charge in [0.15, 0.2) is 0 Å². The minimum absolute atomic E-state index is 0.00355. The van der Waals surface area contributed by atoms with E-state index in [0.717, 1.165) is 12.0 Å². The molecule has 0 aromatic heterocycles. The molecule has 1 aliphatic heterocycles. The van der Waals surface area contributed by atoms with Crippen LogP contribution in [0.4, 0.5) is 5.69 Å². The van der Waals surface area contributed by atoms with Gasteiger partial charge in [0.05, 0.1) is 10.6 Å². The molecular formula is C20H19ClN2O4. The topological polar surface area (TPSA) is 86.7 Å². The van der Waals surface area contributed by atoms with Crippen molar-refractivity contribution in [1.82, 2.24) is 5.32 Å². The molecule has 6 nitrogen and oxygen atoms in total. The lowest BCUT2D eigenvalue weighted by molar-refractivity contribution is -0.139. The monoisotopic (exact) mass is 386 g/mol. The Morgan fingerprint density at radius 3 is 2.56 bits per heavy atom. The number of aliphatic carboxylic acids is 1. The van der Waals surface area contributed by atoms with Crippen LogP contribution in [0.2, 0.25) is 5.02 Å². The second-order valence-corrected chi connectivity index (χ2v) is 6.77. The highest BCUT2D eigenvalue weighted by Crippen LogP contribution is 2.26. The first-order chi connectivity index (χ1) is 13.0. The van der Waals surface area contributed by atoms with E-state index in [-0.39, 0.29) is 22.9 Å². The van der Waals surface area contributed by atoms with Gasteiger partial charge in [-0.1, -0.05) is 41.9 Å². The minimum atomic E-state index is -1.13. The molecule has 1 atom stereocenters. The van der Waals surface area contributed by atoms with Gasteiger partial charge in [0.25, 0.3) is 5.91 Å². The summed E-state index contributed by atoms with van der Waals surface area (Å²) in [5.41, 5.74) is 1.53. The summed E-state index contributed by atoms with van der Waals surface area (Å²) in [7, 11) is 0. The van der Waals surface area contributed by atoms with E-state index in [2.05, 4.69) is 5.32 Å². The zero-order valence-electron chi connectivity index (χ0n) is 14.5. The fraction of sp³-hybridized carbons (Fsp3) is 0.250. The summed E-state index contributed by atoms with van der Waals surface area (Å²) in [6, 6.07) is 12.7. The number of carboxylic acids is 1. The van der Waals surface area contributed by atoms with Gasteiger partial charge >= 0.3 is 5.97 Å². The van der Waals surface area contributed by atoms with Gasteiger partial charge in [0.1, 0.15) is 6.04 Å². The van der Waals surface area contributed by atoms with Gasteiger partial charge in [-0.05, 0) is 30.2 Å². The SMILES string of the molecule is O=C(N[C@H](Cc1ccccc1)C(=O)O)c1cc(N2CCCC2=O)ccc1Cl. The number of nitrogens with zero attached hydrogens (tertiary/aromatic N) is 1. The first kappa shape index (κ1) is 18.9. The molecule has 0 unspecified atom stereocenters. The highest BCUT2D eigenvalue weighted by Gasteiger charge is 2.25. The van der Waals surface area contributed by atoms with Crippen molar-refractivity contribution in [2.45, 2.75) is 25.3 Å². The molecule has 7 heteroatoms. The number of halogens is 1. The zero-order chi connectivity index (χ0) is 19.4. The van der Waals surface area contributed by atoms with E-state index in [0.29, 0.717) is 18.7 Å². The number of anilines is 1. The molecule has 0 aliphatic carbocycles. The van der Waals surface area contributed by atoms with Crippen LogP contribution in [0.25, 0.3) is 0 Å². The Bertz CT molecular complexity index is 870. The quantitative estimate of drug-likeness (QED) is 0.799. The van der Waals surface area contributed by atoms with Crippen LogP contribution in [0.1, 0.15) is 28.8 Å². The number of nitrogens with one attached hydrogen (secondary N) is 1. The number of carbonyl (C=O) groups excluding carboxylic acids is 2. The molecule has 27 heavy (non-hydrogen) atoms. The van der Waals surface area contributed by atoms with Crippen LogP contribution in [0.5, 0.6) is 0 Å². The van der Waals surface area contributed by atoms with Crippen LogP contribution in [-0.2, 0) is 16.0 Å². The minimum Gasteiger partial charge on any atom is -0.480 e. The van der Waals surface area contributed by atoms with Gasteiger partial charge in [0, 0.05) is 25.1 Å². The normalized spacial score (nSPS) is 14.9. The van der Waals surface area contributed by atoms with Gasteiger partial charge in [0.2, 0.25) is 5.91 Å². The summed E-state index contributed by atoms with van der Waals surface area (Å²) >= 11 is 6.15. The average Bonchev–Trinajstić information content (AvgIpc) is 3.08. The average molecular weight is 387 g/mol. The first-order valence-electron chi connectivity index (χ1n) is 8.63. The third-order valence-electron chi connectivity index (χ3n) is 4.47. The predicted octanol–water partition coefficient (Wildman–Crippen LogP) is 2.89. The molecule has 0 radical (unpaired) electrons. The first-order valence-corrected chi connectivity index (χ1v) is 9.01. The smallest absolute Gasteiger partial charge is 0.326 e. The Morgan fingerprint density at radius 1 is 1.19 bits per heavy atom. The van der Waals surface area contributed by atoms with E-state index < -0.39 is 17.9 Å². The zero-order valence-corrected chi connectivity index (χ0v) is 15.3. The highest BCUT2D eigenvalue weighted by molar-refractivity contribution is 6.34. The number of hydrogen-bond donors (Lipinski definition) is 2. The van der Waals surface area contributed by atoms with E-state index in [1.807, 2.05) is 18.2 Å². The fourth-order valence-electron chi connectivity index (χ4n) is 3.06. The maximum Gasteiger partial charge on any atom is 0.326 e. The molecule has 2 aromatic carbocycles. The molecule has 2 N–H and O–H groups in total. The number of amides is 2. The van der Waals surface area contributed by atoms with E-state index in [1.54, 1.807) is 29.2 Å². The van der Waals surface area contributed by atoms with Gasteiger partial charge in [-0.2, -0.15) is 0 Å². The summed E-state index contributed by atoms with van der Waals surface area (Å²) in [5.74, 6) is -1.72. The van der Waals surface area contributed by atoms with Crippen molar-refractivity contribution in [2.75, 3.05) is 11.4 Å². The summed E-state index contributed by atoms with van der Waals surface area (Å²) in [6.07, 6.45) is 1.40. The second-order valence-electron chi connectivity index (χ2n) is 6.37. The van der Waals surface area contributed by atoms with Crippen LogP contribution in [0.15, 0.2) is 48.5 Å². The third-order valence-corrected chi connectivity index (χ3v) is 4.80. The van der Waals surface area contributed by atoms with E-state index in [9.17, 15) is 19.5 Å². The summed E-state index contributed by atoms with van der Waals surface area (Å²) in [5, 5.41) is 12.2. The van der Waals surface area contributed by atoms with Gasteiger partial charge in [-0.3, -0.25) is 9.59 Å². The Hall–Kier alpha value is -2.86.